The molecule has 1 fully saturated rings. The summed E-state index contributed by atoms with van der Waals surface area (Å²) < 4.78 is 62.9. The first-order valence-electron chi connectivity index (χ1n) is 9.14. The van der Waals surface area contributed by atoms with Gasteiger partial charge in [-0.15, -0.1) is 0 Å². The second-order valence-corrected chi connectivity index (χ2v) is 10.5. The fraction of sp³-hybridized carbons (Fsp3) is 0.471. The lowest BCUT2D eigenvalue weighted by molar-refractivity contribution is -0.705. The minimum Gasteiger partial charge on any atom is -0.741 e. The molecular formula is C17H18F3N3O7S3. The number of nitrogens with zero attached hydrogens (tertiary/aromatic N) is 3. The number of β-lactam (4-membered cyclic amide) rings is 1. The lowest BCUT2D eigenvalue weighted by atomic mass is 9.83. The van der Waals surface area contributed by atoms with Crippen LogP contribution in [0.25, 0.3) is 10.4 Å². The molecule has 4 heterocycles. The van der Waals surface area contributed by atoms with Crippen molar-refractivity contribution in [2.24, 2.45) is 13.0 Å². The normalized spacial score (nSPS) is 21.6. The summed E-state index contributed by atoms with van der Waals surface area (Å²) >= 11 is 3.17. The number of imidazole rings is 1. The molecule has 182 valence electrons. The molecule has 0 aliphatic carbocycles. The predicted molar refractivity (Wildman–Crippen MR) is 109 cm³/mol. The van der Waals surface area contributed by atoms with E-state index in [0.29, 0.717) is 12.0 Å². The van der Waals surface area contributed by atoms with E-state index in [1.165, 1.54) is 16.2 Å². The number of alkyl halides is 3. The van der Waals surface area contributed by atoms with Gasteiger partial charge in [0.1, 0.15) is 11.9 Å². The molecule has 3 atom stereocenters. The molecule has 0 spiro atoms. The summed E-state index contributed by atoms with van der Waals surface area (Å²) in [6, 6.07) is -0.258. The Morgan fingerprint density at radius 1 is 1.42 bits per heavy atom. The van der Waals surface area contributed by atoms with Crippen molar-refractivity contribution in [2.75, 3.05) is 6.26 Å². The molecule has 4 rings (SSSR count). The highest BCUT2D eigenvalue weighted by molar-refractivity contribution is 7.98. The smallest absolute Gasteiger partial charge is 0.485 e. The molecule has 2 aliphatic heterocycles. The molecule has 16 heteroatoms. The zero-order valence-corrected chi connectivity index (χ0v) is 19.7. The Balaban J connectivity index is 0.000000331. The maximum atomic E-state index is 12.3. The van der Waals surface area contributed by atoms with Crippen molar-refractivity contribution in [3.8, 4) is 0 Å². The average Bonchev–Trinajstić information content (AvgIpc) is 3.28. The largest absolute Gasteiger partial charge is 0.741 e. The number of halogens is 3. The van der Waals surface area contributed by atoms with Gasteiger partial charge in [0.15, 0.2) is 10.1 Å². The van der Waals surface area contributed by atoms with Crippen LogP contribution in [-0.2, 0) is 26.8 Å². The first-order chi connectivity index (χ1) is 15.1. The van der Waals surface area contributed by atoms with Crippen LogP contribution in [0.1, 0.15) is 18.2 Å². The highest BCUT2D eigenvalue weighted by Gasteiger charge is 2.57. The van der Waals surface area contributed by atoms with Gasteiger partial charge in [-0.1, -0.05) is 23.1 Å². The molecule has 0 aromatic carbocycles. The Hall–Kier alpha value is -2.14. The molecule has 0 bridgehead atoms. The van der Waals surface area contributed by atoms with Gasteiger partial charge in [-0.05, 0) is 19.6 Å². The van der Waals surface area contributed by atoms with Crippen LogP contribution in [0.3, 0.4) is 0 Å². The van der Waals surface area contributed by atoms with Gasteiger partial charge in [-0.25, -0.2) is 17.8 Å². The molecule has 1 amide bonds. The molecule has 0 saturated carbocycles. The molecule has 2 aromatic rings. The number of rotatable bonds is 4. The summed E-state index contributed by atoms with van der Waals surface area (Å²) in [6.45, 7) is 1.58. The minimum atomic E-state index is -6.09. The average molecular weight is 530 g/mol. The van der Waals surface area contributed by atoms with E-state index in [-0.39, 0.29) is 17.6 Å². The van der Waals surface area contributed by atoms with E-state index in [4.69, 9.17) is 13.0 Å². The number of aryl methyl sites for hydroxylation is 1. The highest BCUT2D eigenvalue weighted by Crippen LogP contribution is 2.48. The monoisotopic (exact) mass is 529 g/mol. The second-order valence-electron chi connectivity index (χ2n) is 7.32. The number of carbonyl (C=O) groups excluding carboxylic acids is 1. The molecule has 0 radical (unpaired) electrons. The van der Waals surface area contributed by atoms with E-state index in [1.54, 1.807) is 18.7 Å². The van der Waals surface area contributed by atoms with Crippen LogP contribution in [0.15, 0.2) is 23.2 Å². The number of aromatic nitrogens is 2. The van der Waals surface area contributed by atoms with E-state index in [0.717, 1.165) is 14.7 Å². The van der Waals surface area contributed by atoms with Crippen LogP contribution in [0.2, 0.25) is 0 Å². The van der Waals surface area contributed by atoms with E-state index in [2.05, 4.69) is 0 Å². The van der Waals surface area contributed by atoms with E-state index < -0.39 is 33.6 Å². The molecule has 33 heavy (non-hydrogen) atoms. The number of hydrogen-bond donors (Lipinski definition) is 2. The molecule has 2 N–H and O–H groups in total. The first-order valence-corrected chi connectivity index (χ1v) is 12.6. The number of fused-ring (bicyclic) bond motifs is 2. The molecule has 2 aliphatic rings. The van der Waals surface area contributed by atoms with Crippen LogP contribution < -0.4 is 4.57 Å². The standard InChI is InChI=1S/C16H17N3O4S2.CHF3O3S/c1-7(20)11-9-4-8(12(16(22)23)19(9)13(11)21)10-5-18-6-17(2)14(24-3)15(18)25-10;2-1(3,4)8(5,6)7/h5-7,9,11,20H,4H2,1-3H3;(H,5,6,7)/t7-,9-,11-;/m1./s1. The highest BCUT2D eigenvalue weighted by atomic mass is 32.2. The maximum absolute atomic E-state index is 12.3. The van der Waals surface area contributed by atoms with Gasteiger partial charge in [0.2, 0.25) is 22.1 Å². The van der Waals surface area contributed by atoms with Gasteiger partial charge in [-0.2, -0.15) is 17.6 Å². The van der Waals surface area contributed by atoms with Crippen LogP contribution in [0.4, 0.5) is 13.2 Å². The van der Waals surface area contributed by atoms with Crippen molar-refractivity contribution >= 4 is 55.5 Å². The number of aliphatic carboxylic acids is 1. The number of hydrogen-bond acceptors (Lipinski definition) is 8. The van der Waals surface area contributed by atoms with Crippen molar-refractivity contribution in [3.63, 3.8) is 0 Å². The first kappa shape index (κ1) is 25.5. The number of aliphatic hydroxyl groups is 1. The summed E-state index contributed by atoms with van der Waals surface area (Å²) in [4.78, 5) is 27.4. The summed E-state index contributed by atoms with van der Waals surface area (Å²) in [5.41, 5.74) is -4.91. The molecular weight excluding hydrogens is 511 g/mol. The Labute approximate surface area is 193 Å². The quantitative estimate of drug-likeness (QED) is 0.196. The minimum absolute atomic E-state index is 0.0616. The fourth-order valence-electron chi connectivity index (χ4n) is 3.86. The summed E-state index contributed by atoms with van der Waals surface area (Å²) in [5.74, 6) is -1.91. The predicted octanol–water partition coefficient (Wildman–Crippen LogP) is 1.01. The van der Waals surface area contributed by atoms with Crippen LogP contribution >= 0.6 is 23.1 Å². The van der Waals surface area contributed by atoms with Crippen LogP contribution in [0, 0.1) is 5.92 Å². The third-order valence-corrected chi connectivity index (χ3v) is 7.94. The summed E-state index contributed by atoms with van der Waals surface area (Å²) in [5, 5.41) is 20.6. The SMILES string of the molecule is CSc1c2sc(C3=C(C(=O)O)N4C(=O)[C@H]([C@@H](C)O)[C@H]4C3)cn2c[n+]1C.O=S(=O)([O-])C(F)(F)F. The third-order valence-electron chi connectivity index (χ3n) is 5.20. The Bertz CT molecular complexity index is 1260. The van der Waals surface area contributed by atoms with E-state index in [1.807, 2.05) is 34.8 Å². The van der Waals surface area contributed by atoms with Crippen LogP contribution in [0.5, 0.6) is 0 Å². The van der Waals surface area contributed by atoms with E-state index >= 15 is 0 Å². The number of carbonyl (C=O) groups is 2. The number of carboxylic acid groups (broad SMARTS) is 1. The lowest BCUT2D eigenvalue weighted by Crippen LogP contribution is -2.61. The van der Waals surface area contributed by atoms with Crippen molar-refractivity contribution < 1.29 is 50.5 Å². The fourth-order valence-corrected chi connectivity index (χ4v) is 5.96. The zero-order chi connectivity index (χ0) is 25.0. The van der Waals surface area contributed by atoms with Crippen molar-refractivity contribution in [2.45, 2.75) is 36.0 Å². The number of carboxylic acids is 1. The zero-order valence-electron chi connectivity index (χ0n) is 17.2. The maximum Gasteiger partial charge on any atom is 0.485 e. The Morgan fingerprint density at radius 2 is 2.00 bits per heavy atom. The Morgan fingerprint density at radius 3 is 2.45 bits per heavy atom. The molecule has 0 unspecified atom stereocenters. The van der Waals surface area contributed by atoms with Gasteiger partial charge >= 0.3 is 11.5 Å². The Kier molecular flexibility index (Phi) is 6.62. The van der Waals surface area contributed by atoms with Crippen molar-refractivity contribution in [1.82, 2.24) is 9.30 Å². The number of amides is 1. The molecule has 2 aromatic heterocycles. The topological polar surface area (TPSA) is 143 Å². The number of thioether (sulfide) groups is 1. The second kappa shape index (κ2) is 8.57. The van der Waals surface area contributed by atoms with Crippen molar-refractivity contribution in [1.29, 1.82) is 0 Å². The van der Waals surface area contributed by atoms with Gasteiger partial charge in [0.05, 0.1) is 30.0 Å². The van der Waals surface area contributed by atoms with Crippen LogP contribution in [-0.4, -0.2) is 68.3 Å². The number of thiazole rings is 1. The third kappa shape index (κ3) is 4.37. The molecule has 1 saturated heterocycles. The van der Waals surface area contributed by atoms with Gasteiger partial charge < -0.3 is 19.7 Å². The van der Waals surface area contributed by atoms with Gasteiger partial charge in [-0.3, -0.25) is 4.79 Å². The molecule has 10 nitrogen and oxygen atoms in total. The van der Waals surface area contributed by atoms with Crippen molar-refractivity contribution in [3.05, 3.63) is 23.1 Å². The lowest BCUT2D eigenvalue weighted by Gasteiger charge is -2.44. The van der Waals surface area contributed by atoms with Gasteiger partial charge in [0, 0.05) is 5.57 Å². The summed E-state index contributed by atoms with van der Waals surface area (Å²) in [7, 11) is -4.12. The van der Waals surface area contributed by atoms with E-state index in [9.17, 15) is 33.0 Å². The number of aliphatic hydroxyl groups excluding tert-OH is 1. The summed E-state index contributed by atoms with van der Waals surface area (Å²) in [6.07, 6.45) is 5.57. The van der Waals surface area contributed by atoms with Gasteiger partial charge in [0.25, 0.3) is 0 Å².